The van der Waals surface area contributed by atoms with Crippen LogP contribution in [0.2, 0.25) is 0 Å². The minimum Gasteiger partial charge on any atom is -0.465 e. The Morgan fingerprint density at radius 1 is 1.33 bits per heavy atom. The Bertz CT molecular complexity index is 428. The molecule has 1 atom stereocenters. The molecule has 0 fully saturated rings. The first-order valence-electron chi connectivity index (χ1n) is 6.29. The van der Waals surface area contributed by atoms with Gasteiger partial charge in [-0.15, -0.1) is 6.58 Å². The predicted octanol–water partition coefficient (Wildman–Crippen LogP) is 3.60. The molecule has 0 amide bonds. The van der Waals surface area contributed by atoms with Crippen LogP contribution >= 0.6 is 0 Å². The van der Waals surface area contributed by atoms with Crippen LogP contribution in [0.4, 0.5) is 0 Å². The standard InChI is InChI=1S/C16H22O2/c1-6-16(5,15(17)18-7-2)11-14-9-12(3)8-13(4)10-14/h6,8-10H,1,7,11H2,2-5H3. The summed E-state index contributed by atoms with van der Waals surface area (Å²) < 4.78 is 5.12. The summed E-state index contributed by atoms with van der Waals surface area (Å²) in [6.07, 6.45) is 2.31. The van der Waals surface area contributed by atoms with E-state index in [2.05, 4.69) is 38.6 Å². The molecule has 0 aliphatic rings. The zero-order chi connectivity index (χ0) is 13.8. The van der Waals surface area contributed by atoms with E-state index in [0.29, 0.717) is 13.0 Å². The second-order valence-electron chi connectivity index (χ2n) is 5.01. The molecule has 2 heteroatoms. The average molecular weight is 246 g/mol. The fraction of sp³-hybridized carbons (Fsp3) is 0.438. The summed E-state index contributed by atoms with van der Waals surface area (Å²) in [5, 5.41) is 0. The molecule has 0 aliphatic heterocycles. The van der Waals surface area contributed by atoms with Gasteiger partial charge >= 0.3 is 5.97 Å². The SMILES string of the molecule is C=CC(C)(Cc1cc(C)cc(C)c1)C(=O)OCC. The molecule has 2 nitrogen and oxygen atoms in total. The van der Waals surface area contributed by atoms with Crippen molar-refractivity contribution in [2.75, 3.05) is 6.61 Å². The van der Waals surface area contributed by atoms with Crippen molar-refractivity contribution in [3.8, 4) is 0 Å². The van der Waals surface area contributed by atoms with Gasteiger partial charge in [-0.3, -0.25) is 4.79 Å². The average Bonchev–Trinajstić information content (AvgIpc) is 2.27. The monoisotopic (exact) mass is 246 g/mol. The van der Waals surface area contributed by atoms with Crippen molar-refractivity contribution < 1.29 is 9.53 Å². The first kappa shape index (κ1) is 14.5. The van der Waals surface area contributed by atoms with Gasteiger partial charge < -0.3 is 4.74 Å². The van der Waals surface area contributed by atoms with Gasteiger partial charge in [0.15, 0.2) is 0 Å². The van der Waals surface area contributed by atoms with E-state index < -0.39 is 5.41 Å². The summed E-state index contributed by atoms with van der Waals surface area (Å²) >= 11 is 0. The number of aryl methyl sites for hydroxylation is 2. The Morgan fingerprint density at radius 3 is 2.33 bits per heavy atom. The Kier molecular flexibility index (Phi) is 4.71. The number of esters is 1. The Morgan fingerprint density at radius 2 is 1.89 bits per heavy atom. The van der Waals surface area contributed by atoms with Gasteiger partial charge in [-0.2, -0.15) is 0 Å². The van der Waals surface area contributed by atoms with Crippen LogP contribution in [0.3, 0.4) is 0 Å². The second kappa shape index (κ2) is 5.85. The Labute approximate surface area is 110 Å². The third-order valence-corrected chi connectivity index (χ3v) is 3.05. The smallest absolute Gasteiger partial charge is 0.315 e. The number of ether oxygens (including phenoxy) is 1. The minimum atomic E-state index is -0.657. The second-order valence-corrected chi connectivity index (χ2v) is 5.01. The van der Waals surface area contributed by atoms with Crippen LogP contribution in [0.15, 0.2) is 30.9 Å². The highest BCUT2D eigenvalue weighted by Gasteiger charge is 2.31. The van der Waals surface area contributed by atoms with E-state index in [1.54, 1.807) is 6.08 Å². The Balaban J connectivity index is 2.97. The third-order valence-electron chi connectivity index (χ3n) is 3.05. The van der Waals surface area contributed by atoms with Crippen molar-refractivity contribution in [1.29, 1.82) is 0 Å². The number of carbonyl (C=O) groups excluding carboxylic acids is 1. The van der Waals surface area contributed by atoms with Crippen LogP contribution in [-0.2, 0) is 16.0 Å². The van der Waals surface area contributed by atoms with Gasteiger partial charge in [0, 0.05) is 0 Å². The molecule has 0 N–H and O–H groups in total. The van der Waals surface area contributed by atoms with Crippen molar-refractivity contribution in [2.24, 2.45) is 5.41 Å². The zero-order valence-electron chi connectivity index (χ0n) is 11.7. The van der Waals surface area contributed by atoms with Gasteiger partial charge in [-0.05, 0) is 39.7 Å². The van der Waals surface area contributed by atoms with Gasteiger partial charge in [-0.1, -0.05) is 35.4 Å². The quantitative estimate of drug-likeness (QED) is 0.586. The van der Waals surface area contributed by atoms with Gasteiger partial charge in [0.05, 0.1) is 12.0 Å². The van der Waals surface area contributed by atoms with E-state index in [-0.39, 0.29) is 5.97 Å². The van der Waals surface area contributed by atoms with Crippen molar-refractivity contribution in [3.63, 3.8) is 0 Å². The van der Waals surface area contributed by atoms with Gasteiger partial charge in [0.25, 0.3) is 0 Å². The van der Waals surface area contributed by atoms with Gasteiger partial charge in [-0.25, -0.2) is 0 Å². The van der Waals surface area contributed by atoms with E-state index in [1.807, 2.05) is 13.8 Å². The summed E-state index contributed by atoms with van der Waals surface area (Å²) in [6.45, 7) is 12.0. The van der Waals surface area contributed by atoms with E-state index in [0.717, 1.165) is 5.56 Å². The molecular formula is C16H22O2. The molecule has 1 rings (SSSR count). The molecule has 0 heterocycles. The van der Waals surface area contributed by atoms with E-state index in [1.165, 1.54) is 11.1 Å². The first-order chi connectivity index (χ1) is 8.41. The largest absolute Gasteiger partial charge is 0.465 e. The maximum absolute atomic E-state index is 12.0. The molecule has 0 radical (unpaired) electrons. The van der Waals surface area contributed by atoms with Crippen LogP contribution in [0, 0.1) is 19.3 Å². The maximum Gasteiger partial charge on any atom is 0.315 e. The molecule has 0 aliphatic carbocycles. The molecule has 1 aromatic rings. The number of rotatable bonds is 5. The fourth-order valence-corrected chi connectivity index (χ4v) is 2.12. The molecule has 0 bridgehead atoms. The number of benzene rings is 1. The summed E-state index contributed by atoms with van der Waals surface area (Å²) in [7, 11) is 0. The predicted molar refractivity (Wildman–Crippen MR) is 74.6 cm³/mol. The minimum absolute atomic E-state index is 0.209. The van der Waals surface area contributed by atoms with Gasteiger partial charge in [0.2, 0.25) is 0 Å². The zero-order valence-corrected chi connectivity index (χ0v) is 11.7. The highest BCUT2D eigenvalue weighted by molar-refractivity contribution is 5.79. The molecule has 0 spiro atoms. The van der Waals surface area contributed by atoms with Crippen LogP contribution in [0.5, 0.6) is 0 Å². The molecule has 0 aromatic heterocycles. The lowest BCUT2D eigenvalue weighted by atomic mass is 9.83. The summed E-state index contributed by atoms with van der Waals surface area (Å²) in [4.78, 5) is 12.0. The lowest BCUT2D eigenvalue weighted by Crippen LogP contribution is -2.30. The van der Waals surface area contributed by atoms with Crippen molar-refractivity contribution in [1.82, 2.24) is 0 Å². The van der Waals surface area contributed by atoms with Crippen LogP contribution in [-0.4, -0.2) is 12.6 Å². The lowest BCUT2D eigenvalue weighted by molar-refractivity contribution is -0.151. The third kappa shape index (κ3) is 3.46. The maximum atomic E-state index is 12.0. The van der Waals surface area contributed by atoms with E-state index in [9.17, 15) is 4.79 Å². The summed E-state index contributed by atoms with van der Waals surface area (Å²) in [5.41, 5.74) is 2.90. The topological polar surface area (TPSA) is 26.3 Å². The summed E-state index contributed by atoms with van der Waals surface area (Å²) in [5.74, 6) is -0.209. The van der Waals surface area contributed by atoms with E-state index in [4.69, 9.17) is 4.74 Å². The summed E-state index contributed by atoms with van der Waals surface area (Å²) in [6, 6.07) is 6.33. The van der Waals surface area contributed by atoms with Gasteiger partial charge in [0.1, 0.15) is 0 Å². The molecule has 1 aromatic carbocycles. The van der Waals surface area contributed by atoms with Crippen molar-refractivity contribution >= 4 is 5.97 Å². The first-order valence-corrected chi connectivity index (χ1v) is 6.29. The normalized spacial score (nSPS) is 13.8. The molecule has 1 unspecified atom stereocenters. The number of hydrogen-bond donors (Lipinski definition) is 0. The molecule has 98 valence electrons. The molecule has 18 heavy (non-hydrogen) atoms. The molecule has 0 saturated carbocycles. The van der Waals surface area contributed by atoms with E-state index >= 15 is 0 Å². The van der Waals surface area contributed by atoms with Crippen molar-refractivity contribution in [2.45, 2.75) is 34.1 Å². The molecular weight excluding hydrogens is 224 g/mol. The van der Waals surface area contributed by atoms with Crippen LogP contribution in [0.25, 0.3) is 0 Å². The van der Waals surface area contributed by atoms with Crippen LogP contribution in [0.1, 0.15) is 30.5 Å². The fourth-order valence-electron chi connectivity index (χ4n) is 2.12. The molecule has 0 saturated heterocycles. The lowest BCUT2D eigenvalue weighted by Gasteiger charge is -2.23. The number of hydrogen-bond acceptors (Lipinski definition) is 2. The van der Waals surface area contributed by atoms with Crippen molar-refractivity contribution in [3.05, 3.63) is 47.5 Å². The highest BCUT2D eigenvalue weighted by atomic mass is 16.5. The Hall–Kier alpha value is -1.57. The number of carbonyl (C=O) groups is 1. The van der Waals surface area contributed by atoms with Crippen LogP contribution < -0.4 is 0 Å². The highest BCUT2D eigenvalue weighted by Crippen LogP contribution is 2.26.